The second-order valence-electron chi connectivity index (χ2n) is 2.74. The molecule has 1 aliphatic rings. The van der Waals surface area contributed by atoms with Crippen molar-refractivity contribution in [3.63, 3.8) is 0 Å². The monoisotopic (exact) mass is 175 g/mol. The third kappa shape index (κ3) is 1.67. The van der Waals surface area contributed by atoms with E-state index in [-0.39, 0.29) is 12.2 Å². The van der Waals surface area contributed by atoms with Crippen LogP contribution in [0.3, 0.4) is 0 Å². The topological polar surface area (TPSA) is 59.0 Å². The van der Waals surface area contributed by atoms with Crippen LogP contribution in [0.15, 0.2) is 0 Å². The minimum atomic E-state index is -0.920. The molecule has 1 rings (SSSR count). The zero-order valence-electron chi connectivity index (χ0n) is 7.19. The molecule has 0 saturated carbocycles. The average molecular weight is 175 g/mol. The van der Waals surface area contributed by atoms with Gasteiger partial charge in [0.2, 0.25) is 0 Å². The Kier molecular flexibility index (Phi) is 2.88. The maximum atomic E-state index is 10.5. The lowest BCUT2D eigenvalue weighted by atomic mass is 10.3. The third-order valence-corrected chi connectivity index (χ3v) is 2.09. The number of likely N-dealkylation sites (tertiary alicyclic amines) is 1. The molecule has 1 amide bonds. The SMILES string of the molecule is CO[C@H]1CN(C(=O)O)C[C@H]1OC. The Labute approximate surface area is 70.9 Å². The number of ether oxygens (including phenoxy) is 2. The summed E-state index contributed by atoms with van der Waals surface area (Å²) in [5, 5.41) is 8.65. The molecule has 1 fully saturated rings. The number of nitrogens with zero attached hydrogens (tertiary/aromatic N) is 1. The molecule has 5 heteroatoms. The van der Waals surface area contributed by atoms with Gasteiger partial charge in [-0.1, -0.05) is 0 Å². The average Bonchev–Trinajstić information content (AvgIpc) is 2.46. The summed E-state index contributed by atoms with van der Waals surface area (Å²) < 4.78 is 10.1. The van der Waals surface area contributed by atoms with Crippen LogP contribution in [-0.2, 0) is 9.47 Å². The normalized spacial score (nSPS) is 29.3. The molecule has 0 aromatic heterocycles. The van der Waals surface area contributed by atoms with Crippen LogP contribution in [0.2, 0.25) is 0 Å². The van der Waals surface area contributed by atoms with Gasteiger partial charge in [-0.25, -0.2) is 4.79 Å². The predicted molar refractivity (Wildman–Crippen MR) is 41.2 cm³/mol. The van der Waals surface area contributed by atoms with Crippen LogP contribution >= 0.6 is 0 Å². The van der Waals surface area contributed by atoms with Crippen molar-refractivity contribution in [2.24, 2.45) is 0 Å². The number of amides is 1. The second-order valence-corrected chi connectivity index (χ2v) is 2.74. The summed E-state index contributed by atoms with van der Waals surface area (Å²) >= 11 is 0. The van der Waals surface area contributed by atoms with Gasteiger partial charge in [0, 0.05) is 14.2 Å². The van der Waals surface area contributed by atoms with E-state index < -0.39 is 6.09 Å². The van der Waals surface area contributed by atoms with Crippen molar-refractivity contribution in [3.8, 4) is 0 Å². The van der Waals surface area contributed by atoms with Crippen LogP contribution in [-0.4, -0.2) is 55.6 Å². The molecule has 0 spiro atoms. The zero-order chi connectivity index (χ0) is 9.14. The van der Waals surface area contributed by atoms with Crippen molar-refractivity contribution in [2.45, 2.75) is 12.2 Å². The summed E-state index contributed by atoms with van der Waals surface area (Å²) in [6.07, 6.45) is -1.19. The first kappa shape index (κ1) is 9.28. The van der Waals surface area contributed by atoms with Crippen molar-refractivity contribution >= 4 is 6.09 Å². The van der Waals surface area contributed by atoms with E-state index in [1.165, 1.54) is 4.90 Å². The summed E-state index contributed by atoms with van der Waals surface area (Å²) in [4.78, 5) is 11.8. The molecule has 0 aromatic rings. The van der Waals surface area contributed by atoms with Gasteiger partial charge in [-0.15, -0.1) is 0 Å². The van der Waals surface area contributed by atoms with Crippen LogP contribution in [0.4, 0.5) is 4.79 Å². The molecule has 1 heterocycles. The van der Waals surface area contributed by atoms with E-state index >= 15 is 0 Å². The molecular formula is C7H13NO4. The lowest BCUT2D eigenvalue weighted by Gasteiger charge is -2.13. The van der Waals surface area contributed by atoms with Crippen LogP contribution in [0.5, 0.6) is 0 Å². The third-order valence-electron chi connectivity index (χ3n) is 2.09. The van der Waals surface area contributed by atoms with Gasteiger partial charge in [0.05, 0.1) is 13.1 Å². The number of carboxylic acid groups (broad SMARTS) is 1. The van der Waals surface area contributed by atoms with E-state index in [2.05, 4.69) is 0 Å². The minimum absolute atomic E-state index is 0.133. The summed E-state index contributed by atoms with van der Waals surface area (Å²) in [7, 11) is 3.12. The van der Waals surface area contributed by atoms with E-state index in [0.717, 1.165) is 0 Å². The highest BCUT2D eigenvalue weighted by Crippen LogP contribution is 2.15. The first-order chi connectivity index (χ1) is 5.69. The molecular weight excluding hydrogens is 162 g/mol. The Bertz CT molecular complexity index is 161. The molecule has 0 unspecified atom stereocenters. The Morgan fingerprint density at radius 2 is 1.75 bits per heavy atom. The van der Waals surface area contributed by atoms with E-state index in [9.17, 15) is 4.79 Å². The summed E-state index contributed by atoms with van der Waals surface area (Å²) in [5.74, 6) is 0. The number of rotatable bonds is 2. The van der Waals surface area contributed by atoms with Crippen molar-refractivity contribution in [3.05, 3.63) is 0 Å². The second kappa shape index (κ2) is 3.73. The van der Waals surface area contributed by atoms with Crippen molar-refractivity contribution < 1.29 is 19.4 Å². The Morgan fingerprint density at radius 1 is 1.33 bits per heavy atom. The van der Waals surface area contributed by atoms with Gasteiger partial charge in [0.15, 0.2) is 0 Å². The minimum Gasteiger partial charge on any atom is -0.465 e. The summed E-state index contributed by atoms with van der Waals surface area (Å²) in [6, 6.07) is 0. The number of hydrogen-bond acceptors (Lipinski definition) is 3. The highest BCUT2D eigenvalue weighted by atomic mass is 16.5. The van der Waals surface area contributed by atoms with Gasteiger partial charge in [-0.05, 0) is 0 Å². The quantitative estimate of drug-likeness (QED) is 0.642. The van der Waals surface area contributed by atoms with E-state index in [1.807, 2.05) is 0 Å². The molecule has 0 radical (unpaired) electrons. The van der Waals surface area contributed by atoms with Gasteiger partial charge >= 0.3 is 6.09 Å². The number of carbonyl (C=O) groups is 1. The zero-order valence-corrected chi connectivity index (χ0v) is 7.19. The van der Waals surface area contributed by atoms with Gasteiger partial charge in [-0.2, -0.15) is 0 Å². The molecule has 1 N–H and O–H groups in total. The van der Waals surface area contributed by atoms with Crippen LogP contribution in [0, 0.1) is 0 Å². The first-order valence-electron chi connectivity index (χ1n) is 3.72. The van der Waals surface area contributed by atoms with E-state index in [4.69, 9.17) is 14.6 Å². The molecule has 0 bridgehead atoms. The van der Waals surface area contributed by atoms with E-state index in [1.54, 1.807) is 14.2 Å². The molecule has 1 saturated heterocycles. The van der Waals surface area contributed by atoms with Gasteiger partial charge in [0.25, 0.3) is 0 Å². The first-order valence-corrected chi connectivity index (χ1v) is 3.72. The molecule has 2 atom stereocenters. The molecule has 70 valence electrons. The number of methoxy groups -OCH3 is 2. The Balaban J connectivity index is 2.53. The molecule has 5 nitrogen and oxygen atoms in total. The molecule has 12 heavy (non-hydrogen) atoms. The van der Waals surface area contributed by atoms with Crippen LogP contribution < -0.4 is 0 Å². The van der Waals surface area contributed by atoms with Crippen molar-refractivity contribution in [1.29, 1.82) is 0 Å². The maximum absolute atomic E-state index is 10.5. The Hall–Kier alpha value is -0.810. The fraction of sp³-hybridized carbons (Fsp3) is 0.857. The smallest absolute Gasteiger partial charge is 0.407 e. The lowest BCUT2D eigenvalue weighted by molar-refractivity contribution is -0.00461. The van der Waals surface area contributed by atoms with Crippen LogP contribution in [0.25, 0.3) is 0 Å². The summed E-state index contributed by atoms with van der Waals surface area (Å²) in [5.41, 5.74) is 0. The number of hydrogen-bond donors (Lipinski definition) is 1. The Morgan fingerprint density at radius 3 is 2.00 bits per heavy atom. The summed E-state index contributed by atoms with van der Waals surface area (Å²) in [6.45, 7) is 0.786. The fourth-order valence-electron chi connectivity index (χ4n) is 1.35. The van der Waals surface area contributed by atoms with Gasteiger partial charge in [0.1, 0.15) is 12.2 Å². The fourth-order valence-corrected chi connectivity index (χ4v) is 1.35. The highest BCUT2D eigenvalue weighted by Gasteiger charge is 2.35. The standard InChI is InChI=1S/C7H13NO4/c1-11-5-3-8(7(9)10)4-6(5)12-2/h5-6H,3-4H2,1-2H3,(H,9,10)/t5-,6+. The van der Waals surface area contributed by atoms with Crippen molar-refractivity contribution in [1.82, 2.24) is 4.90 Å². The highest BCUT2D eigenvalue weighted by molar-refractivity contribution is 5.65. The van der Waals surface area contributed by atoms with Crippen LogP contribution in [0.1, 0.15) is 0 Å². The largest absolute Gasteiger partial charge is 0.465 e. The maximum Gasteiger partial charge on any atom is 0.407 e. The lowest BCUT2D eigenvalue weighted by Crippen LogP contribution is -2.28. The van der Waals surface area contributed by atoms with Crippen molar-refractivity contribution in [2.75, 3.05) is 27.3 Å². The van der Waals surface area contributed by atoms with Gasteiger partial charge in [-0.3, -0.25) is 0 Å². The molecule has 0 aromatic carbocycles. The van der Waals surface area contributed by atoms with Gasteiger partial charge < -0.3 is 19.5 Å². The van der Waals surface area contributed by atoms with E-state index in [0.29, 0.717) is 13.1 Å². The predicted octanol–water partition coefficient (Wildman–Crippen LogP) is 0.0100. The molecule has 1 aliphatic heterocycles. The molecule has 0 aliphatic carbocycles.